The first-order valence-corrected chi connectivity index (χ1v) is 47.4. The molecule has 4 heterocycles. The maximum absolute atomic E-state index is 6.34. The van der Waals surface area contributed by atoms with E-state index in [0.717, 1.165) is 235 Å². The van der Waals surface area contributed by atoms with E-state index in [9.17, 15) is 0 Å². The fraction of sp³-hybridized carbons (Fsp3) is 0.421. The molecule has 126 heavy (non-hydrogen) atoms. The second kappa shape index (κ2) is 42.9. The van der Waals surface area contributed by atoms with Crippen molar-refractivity contribution < 1.29 is 56.8 Å². The van der Waals surface area contributed by atoms with Crippen molar-refractivity contribution in [3.8, 4) is 44.5 Å². The predicted molar refractivity (Wildman–Crippen MR) is 517 cm³/mol. The lowest BCUT2D eigenvalue weighted by Gasteiger charge is -2.40. The summed E-state index contributed by atoms with van der Waals surface area (Å²) in [6, 6.07) is 85.9. The van der Waals surface area contributed by atoms with Crippen LogP contribution in [0.25, 0.3) is 131 Å². The molecule has 658 valence electrons. The molecule has 0 amide bonds. The minimum Gasteiger partial charge on any atom is -0.381 e. The van der Waals surface area contributed by atoms with Crippen LogP contribution in [0.5, 0.6) is 0 Å². The van der Waals surface area contributed by atoms with E-state index in [4.69, 9.17) is 56.8 Å². The number of ether oxygens (including phenoxy) is 12. The fourth-order valence-electron chi connectivity index (χ4n) is 19.1. The Balaban J connectivity index is 0.000000179. The molecule has 14 aromatic rings. The molecular formula is C114H130O12. The molecular weight excluding hydrogens is 1560 g/mol. The maximum Gasteiger partial charge on any atom is 0.0722 e. The molecule has 0 saturated carbocycles. The molecule has 0 aliphatic carbocycles. The normalized spacial score (nSPS) is 15.7. The Kier molecular flexibility index (Phi) is 30.3. The summed E-state index contributed by atoms with van der Waals surface area (Å²) in [5.74, 6) is 0. The Labute approximate surface area is 746 Å². The molecule has 12 nitrogen and oxygen atoms in total. The Morgan fingerprint density at radius 3 is 0.889 bits per heavy atom. The standard InChI is InChI=1S/C60H66O6.C54H64O6/c1-3-59(39-65-40-59)37-63-33-13-5-11-31-61-35-43-19-21-44(22-20-43)55-49-15-7-9-17-51(49)58(52-18-10-8-16-50(52)55)54-30-27-46-25-28-48-47(24-23-45-26-29-53(54)57(46)56(45)48)36-62-32-12-6-14-34-64-38-60(4-2)41-66-42-60;1-3-53(37-59-38-53)35-57-29-13-5-11-27-55-33-41-19-22-43(23-20-41)51-47-15-7-9-17-49(47)52(50-18-10-8-16-48(50)51)46-26-25-44-31-42(21-24-45(44)32-46)34-56-28-12-6-14-30-58-36-54(4-2)39-60-40-54/h7-10,15-30H,3-6,11-14,31-42H2,1-2H3;7-10,15-26,31-32H,3-6,11-14,27-30,33-40H2,1-2H3. The highest BCUT2D eigenvalue weighted by molar-refractivity contribution is 6.30. The van der Waals surface area contributed by atoms with Crippen molar-refractivity contribution in [2.45, 2.75) is 157 Å². The van der Waals surface area contributed by atoms with E-state index >= 15 is 0 Å². The van der Waals surface area contributed by atoms with Crippen LogP contribution in [0.3, 0.4) is 0 Å². The van der Waals surface area contributed by atoms with Crippen LogP contribution >= 0.6 is 0 Å². The monoisotopic (exact) mass is 1690 g/mol. The zero-order valence-corrected chi connectivity index (χ0v) is 75.1. The van der Waals surface area contributed by atoms with Gasteiger partial charge in [0.05, 0.1) is 106 Å². The third-order valence-electron chi connectivity index (χ3n) is 27.8. The van der Waals surface area contributed by atoms with Crippen molar-refractivity contribution in [3.63, 3.8) is 0 Å². The molecule has 18 rings (SSSR count). The number of benzene rings is 14. The predicted octanol–water partition coefficient (Wildman–Crippen LogP) is 27.2. The second-order valence-corrected chi connectivity index (χ2v) is 36.8. The average Bonchev–Trinajstić information content (AvgIpc) is 0.717. The van der Waals surface area contributed by atoms with Crippen molar-refractivity contribution in [1.82, 2.24) is 0 Å². The summed E-state index contributed by atoms with van der Waals surface area (Å²) in [4.78, 5) is 0. The summed E-state index contributed by atoms with van der Waals surface area (Å²) < 4.78 is 70.3. The molecule has 0 atom stereocenters. The van der Waals surface area contributed by atoms with Crippen molar-refractivity contribution in [2.24, 2.45) is 21.7 Å². The van der Waals surface area contributed by atoms with Gasteiger partial charge in [0, 0.05) is 74.5 Å². The highest BCUT2D eigenvalue weighted by atomic mass is 16.5. The molecule has 0 bridgehead atoms. The van der Waals surface area contributed by atoms with Gasteiger partial charge in [-0.05, 0) is 268 Å². The summed E-state index contributed by atoms with van der Waals surface area (Å²) >= 11 is 0. The van der Waals surface area contributed by atoms with Gasteiger partial charge in [0.2, 0.25) is 0 Å². The third-order valence-corrected chi connectivity index (χ3v) is 27.8. The molecule has 14 aromatic carbocycles. The van der Waals surface area contributed by atoms with Gasteiger partial charge in [-0.25, -0.2) is 0 Å². The minimum absolute atomic E-state index is 0.256. The van der Waals surface area contributed by atoms with E-state index in [-0.39, 0.29) is 21.7 Å². The molecule has 12 heteroatoms. The summed E-state index contributed by atoms with van der Waals surface area (Å²) in [7, 11) is 0. The van der Waals surface area contributed by atoms with Crippen LogP contribution in [-0.2, 0) is 83.3 Å². The van der Waals surface area contributed by atoms with E-state index < -0.39 is 0 Å². The Morgan fingerprint density at radius 2 is 0.516 bits per heavy atom. The molecule has 4 fully saturated rings. The number of unbranched alkanes of at least 4 members (excludes halogenated alkanes) is 8. The smallest absolute Gasteiger partial charge is 0.0722 e. The molecule has 4 aliphatic heterocycles. The first-order chi connectivity index (χ1) is 62.2. The van der Waals surface area contributed by atoms with E-state index in [0.29, 0.717) is 26.4 Å². The molecule has 0 radical (unpaired) electrons. The van der Waals surface area contributed by atoms with E-state index in [1.807, 2.05) is 0 Å². The van der Waals surface area contributed by atoms with Crippen molar-refractivity contribution in [3.05, 3.63) is 253 Å². The van der Waals surface area contributed by atoms with Gasteiger partial charge in [-0.15, -0.1) is 0 Å². The van der Waals surface area contributed by atoms with E-state index in [1.165, 1.54) is 153 Å². The van der Waals surface area contributed by atoms with Crippen molar-refractivity contribution in [2.75, 3.05) is 132 Å². The van der Waals surface area contributed by atoms with Crippen LogP contribution < -0.4 is 0 Å². The fourth-order valence-corrected chi connectivity index (χ4v) is 19.1. The molecule has 4 saturated heterocycles. The largest absolute Gasteiger partial charge is 0.381 e. The topological polar surface area (TPSA) is 111 Å². The highest BCUT2D eigenvalue weighted by Crippen LogP contribution is 2.50. The van der Waals surface area contributed by atoms with Crippen molar-refractivity contribution >= 4 is 86.2 Å². The van der Waals surface area contributed by atoms with Gasteiger partial charge in [0.25, 0.3) is 0 Å². The van der Waals surface area contributed by atoms with Crippen LogP contribution in [0.2, 0.25) is 0 Å². The van der Waals surface area contributed by atoms with Gasteiger partial charge < -0.3 is 56.8 Å². The van der Waals surface area contributed by atoms with Crippen LogP contribution in [0.1, 0.15) is 153 Å². The zero-order valence-electron chi connectivity index (χ0n) is 75.1. The summed E-state index contributed by atoms with van der Waals surface area (Å²) in [5, 5.41) is 20.3. The molecule has 0 N–H and O–H groups in total. The summed E-state index contributed by atoms with van der Waals surface area (Å²) in [6.45, 7) is 27.8. The van der Waals surface area contributed by atoms with E-state index in [2.05, 4.69) is 258 Å². The summed E-state index contributed by atoms with van der Waals surface area (Å²) in [5.41, 5.74) is 15.9. The zero-order chi connectivity index (χ0) is 85.8. The first kappa shape index (κ1) is 88.9. The number of hydrogen-bond donors (Lipinski definition) is 0. The van der Waals surface area contributed by atoms with Gasteiger partial charge in [-0.1, -0.05) is 246 Å². The van der Waals surface area contributed by atoms with Crippen LogP contribution in [0, 0.1) is 21.7 Å². The maximum atomic E-state index is 6.34. The van der Waals surface area contributed by atoms with Gasteiger partial charge >= 0.3 is 0 Å². The van der Waals surface area contributed by atoms with Crippen molar-refractivity contribution in [1.29, 1.82) is 0 Å². The number of hydrogen-bond acceptors (Lipinski definition) is 12. The lowest BCUT2D eigenvalue weighted by atomic mass is 9.83. The second-order valence-electron chi connectivity index (χ2n) is 36.8. The van der Waals surface area contributed by atoms with E-state index in [1.54, 1.807) is 0 Å². The molecule has 0 spiro atoms. The highest BCUT2D eigenvalue weighted by Gasteiger charge is 2.40. The lowest BCUT2D eigenvalue weighted by Crippen LogP contribution is -2.45. The van der Waals surface area contributed by atoms with Gasteiger partial charge in [-0.2, -0.15) is 0 Å². The molecule has 0 aromatic heterocycles. The first-order valence-electron chi connectivity index (χ1n) is 47.4. The average molecular weight is 1690 g/mol. The third kappa shape index (κ3) is 20.6. The SMILES string of the molecule is CCC1(COCCCCCOCc2ccc(-c3c4ccccc4c(-c4ccc5cc(COCCCCCOCC6(CC)COC6)ccc5c4)c4ccccc34)cc2)COC1.CCC1(COCCCCCOCc2ccc(-c3c4ccccc4c(-c4ccc5ccc6c(COCCCCCOCC7(CC)COC7)ccc7ccc4c5c76)c4ccccc34)cc2)COC1. The van der Waals surface area contributed by atoms with Gasteiger partial charge in [0.15, 0.2) is 0 Å². The number of rotatable bonds is 48. The van der Waals surface area contributed by atoms with Crippen LogP contribution in [0.4, 0.5) is 0 Å². The Morgan fingerprint density at radius 1 is 0.230 bits per heavy atom. The number of fused-ring (bicyclic) bond motifs is 5. The Bertz CT molecular complexity index is 5740. The quantitative estimate of drug-likeness (QED) is 0.0206. The van der Waals surface area contributed by atoms with Gasteiger partial charge in [0.1, 0.15) is 0 Å². The van der Waals surface area contributed by atoms with Crippen LogP contribution in [0.15, 0.2) is 231 Å². The molecule has 0 unspecified atom stereocenters. The van der Waals surface area contributed by atoms with Crippen LogP contribution in [-0.4, -0.2) is 132 Å². The van der Waals surface area contributed by atoms with Gasteiger partial charge in [-0.3, -0.25) is 0 Å². The minimum atomic E-state index is 0.256. The molecule has 4 aliphatic rings. The Hall–Kier alpha value is -9.06. The summed E-state index contributed by atoms with van der Waals surface area (Å²) in [6.07, 6.45) is 17.4. The lowest BCUT2D eigenvalue weighted by molar-refractivity contribution is -0.150.